The second-order valence-corrected chi connectivity index (χ2v) is 2.77. The average Bonchev–Trinajstić information content (AvgIpc) is 2.26. The van der Waals surface area contributed by atoms with Gasteiger partial charge in [-0.3, -0.25) is 0 Å². The fourth-order valence-corrected chi connectivity index (χ4v) is 0.923. The Hall–Kier alpha value is -1.67. The first-order chi connectivity index (χ1) is 6.77. The molecule has 1 rings (SSSR count). The number of nitriles is 1. The van der Waals surface area contributed by atoms with Gasteiger partial charge in [-0.2, -0.15) is 5.26 Å². The SMILES string of the molecule is COCCN(C)c1nccc(C#N)n1. The van der Waals surface area contributed by atoms with Crippen LogP contribution < -0.4 is 4.90 Å². The van der Waals surface area contributed by atoms with E-state index in [0.717, 1.165) is 0 Å². The maximum absolute atomic E-state index is 8.64. The summed E-state index contributed by atoms with van der Waals surface area (Å²) in [5.41, 5.74) is 0.374. The quantitative estimate of drug-likeness (QED) is 0.692. The van der Waals surface area contributed by atoms with Gasteiger partial charge in [-0.05, 0) is 6.07 Å². The Labute approximate surface area is 83.0 Å². The molecule has 14 heavy (non-hydrogen) atoms. The predicted molar refractivity (Wildman–Crippen MR) is 51.9 cm³/mol. The molecule has 1 aromatic heterocycles. The molecule has 0 unspecified atom stereocenters. The molecule has 0 N–H and O–H groups in total. The summed E-state index contributed by atoms with van der Waals surface area (Å²) < 4.78 is 4.93. The van der Waals surface area contributed by atoms with Crippen LogP contribution in [0, 0.1) is 11.3 Å². The van der Waals surface area contributed by atoms with Gasteiger partial charge >= 0.3 is 0 Å². The van der Waals surface area contributed by atoms with E-state index in [2.05, 4.69) is 9.97 Å². The van der Waals surface area contributed by atoms with Crippen LogP contribution in [-0.4, -0.2) is 37.3 Å². The third kappa shape index (κ3) is 2.68. The highest BCUT2D eigenvalue weighted by molar-refractivity contribution is 5.32. The van der Waals surface area contributed by atoms with E-state index in [1.54, 1.807) is 19.4 Å². The van der Waals surface area contributed by atoms with Crippen molar-refractivity contribution in [3.63, 3.8) is 0 Å². The van der Waals surface area contributed by atoms with Crippen molar-refractivity contribution in [2.45, 2.75) is 0 Å². The fraction of sp³-hybridized carbons (Fsp3) is 0.444. The van der Waals surface area contributed by atoms with Crippen LogP contribution in [0.1, 0.15) is 5.69 Å². The topological polar surface area (TPSA) is 62.0 Å². The summed E-state index contributed by atoms with van der Waals surface area (Å²) in [6.07, 6.45) is 1.57. The van der Waals surface area contributed by atoms with Crippen LogP contribution in [0.5, 0.6) is 0 Å². The smallest absolute Gasteiger partial charge is 0.226 e. The fourth-order valence-electron chi connectivity index (χ4n) is 0.923. The number of nitrogens with zero attached hydrogens (tertiary/aromatic N) is 4. The van der Waals surface area contributed by atoms with Crippen molar-refractivity contribution in [2.24, 2.45) is 0 Å². The highest BCUT2D eigenvalue weighted by Gasteiger charge is 2.03. The van der Waals surface area contributed by atoms with Crippen molar-refractivity contribution in [1.82, 2.24) is 9.97 Å². The van der Waals surface area contributed by atoms with Crippen molar-refractivity contribution < 1.29 is 4.74 Å². The van der Waals surface area contributed by atoms with Gasteiger partial charge in [-0.25, -0.2) is 9.97 Å². The zero-order chi connectivity index (χ0) is 10.4. The summed E-state index contributed by atoms with van der Waals surface area (Å²) in [5, 5.41) is 8.64. The van der Waals surface area contributed by atoms with E-state index in [1.165, 1.54) is 0 Å². The van der Waals surface area contributed by atoms with Crippen molar-refractivity contribution in [1.29, 1.82) is 5.26 Å². The van der Waals surface area contributed by atoms with Crippen LogP contribution >= 0.6 is 0 Å². The van der Waals surface area contributed by atoms with Crippen LogP contribution in [0.15, 0.2) is 12.3 Å². The minimum atomic E-state index is 0.374. The van der Waals surface area contributed by atoms with Crippen molar-refractivity contribution in [3.8, 4) is 6.07 Å². The van der Waals surface area contributed by atoms with Crippen LogP contribution in [0.2, 0.25) is 0 Å². The molecule has 5 heteroatoms. The van der Waals surface area contributed by atoms with Crippen LogP contribution in [-0.2, 0) is 4.74 Å². The van der Waals surface area contributed by atoms with E-state index in [-0.39, 0.29) is 0 Å². The lowest BCUT2D eigenvalue weighted by molar-refractivity contribution is 0.206. The maximum atomic E-state index is 8.64. The first-order valence-corrected chi connectivity index (χ1v) is 4.21. The number of rotatable bonds is 4. The number of aromatic nitrogens is 2. The molecule has 0 aliphatic carbocycles. The molecule has 5 nitrogen and oxygen atoms in total. The zero-order valence-corrected chi connectivity index (χ0v) is 8.27. The van der Waals surface area contributed by atoms with Gasteiger partial charge in [-0.1, -0.05) is 0 Å². The van der Waals surface area contributed by atoms with Gasteiger partial charge in [0.2, 0.25) is 5.95 Å². The largest absolute Gasteiger partial charge is 0.383 e. The Balaban J connectivity index is 2.70. The molecular formula is C9H12N4O. The highest BCUT2D eigenvalue weighted by Crippen LogP contribution is 2.03. The lowest BCUT2D eigenvalue weighted by atomic mass is 10.4. The van der Waals surface area contributed by atoms with Gasteiger partial charge in [0.15, 0.2) is 0 Å². The second kappa shape index (κ2) is 5.14. The Morgan fingerprint density at radius 3 is 3.07 bits per heavy atom. The normalized spacial score (nSPS) is 9.50. The van der Waals surface area contributed by atoms with Crippen LogP contribution in [0.3, 0.4) is 0 Å². The molecule has 0 saturated heterocycles. The molecule has 1 heterocycles. The number of likely N-dealkylation sites (N-methyl/N-ethyl adjacent to an activating group) is 1. The van der Waals surface area contributed by atoms with E-state index in [9.17, 15) is 0 Å². The number of methoxy groups -OCH3 is 1. The molecule has 0 aromatic carbocycles. The van der Waals surface area contributed by atoms with E-state index in [1.807, 2.05) is 18.0 Å². The Morgan fingerprint density at radius 1 is 1.64 bits per heavy atom. The molecule has 0 spiro atoms. The van der Waals surface area contributed by atoms with E-state index in [0.29, 0.717) is 24.8 Å². The zero-order valence-electron chi connectivity index (χ0n) is 8.27. The molecule has 0 saturated carbocycles. The summed E-state index contributed by atoms with van der Waals surface area (Å²) in [6, 6.07) is 3.55. The molecular weight excluding hydrogens is 180 g/mol. The minimum Gasteiger partial charge on any atom is -0.383 e. The first kappa shape index (κ1) is 10.4. The monoisotopic (exact) mass is 192 g/mol. The van der Waals surface area contributed by atoms with Gasteiger partial charge in [0, 0.05) is 26.9 Å². The summed E-state index contributed by atoms with van der Waals surface area (Å²) in [4.78, 5) is 9.93. The van der Waals surface area contributed by atoms with Crippen LogP contribution in [0.4, 0.5) is 5.95 Å². The molecule has 0 radical (unpaired) electrons. The number of anilines is 1. The molecule has 0 aliphatic heterocycles. The number of ether oxygens (including phenoxy) is 1. The van der Waals surface area contributed by atoms with Gasteiger partial charge in [-0.15, -0.1) is 0 Å². The van der Waals surface area contributed by atoms with Crippen molar-refractivity contribution in [2.75, 3.05) is 32.2 Å². The van der Waals surface area contributed by atoms with E-state index < -0.39 is 0 Å². The van der Waals surface area contributed by atoms with Gasteiger partial charge in [0.25, 0.3) is 0 Å². The summed E-state index contributed by atoms with van der Waals surface area (Å²) >= 11 is 0. The van der Waals surface area contributed by atoms with Gasteiger partial charge in [0.1, 0.15) is 11.8 Å². The number of hydrogen-bond acceptors (Lipinski definition) is 5. The predicted octanol–water partition coefficient (Wildman–Crippen LogP) is 0.431. The summed E-state index contributed by atoms with van der Waals surface area (Å²) in [7, 11) is 3.50. The van der Waals surface area contributed by atoms with E-state index in [4.69, 9.17) is 10.00 Å². The van der Waals surface area contributed by atoms with Crippen molar-refractivity contribution in [3.05, 3.63) is 18.0 Å². The minimum absolute atomic E-state index is 0.374. The summed E-state index contributed by atoms with van der Waals surface area (Å²) in [5.74, 6) is 0.543. The van der Waals surface area contributed by atoms with Crippen LogP contribution in [0.25, 0.3) is 0 Å². The molecule has 0 bridgehead atoms. The third-order valence-electron chi connectivity index (χ3n) is 1.73. The van der Waals surface area contributed by atoms with Crippen molar-refractivity contribution >= 4 is 5.95 Å². The Bertz CT molecular complexity index is 334. The Kier molecular flexibility index (Phi) is 3.83. The second-order valence-electron chi connectivity index (χ2n) is 2.77. The van der Waals surface area contributed by atoms with E-state index >= 15 is 0 Å². The molecule has 0 aliphatic rings. The molecule has 74 valence electrons. The lowest BCUT2D eigenvalue weighted by Gasteiger charge is -2.15. The molecule has 0 fully saturated rings. The van der Waals surface area contributed by atoms with Gasteiger partial charge in [0.05, 0.1) is 6.61 Å². The lowest BCUT2D eigenvalue weighted by Crippen LogP contribution is -2.24. The number of hydrogen-bond donors (Lipinski definition) is 0. The molecule has 1 aromatic rings. The summed E-state index contributed by atoms with van der Waals surface area (Å²) in [6.45, 7) is 1.31. The average molecular weight is 192 g/mol. The third-order valence-corrected chi connectivity index (χ3v) is 1.73. The standard InChI is InChI=1S/C9H12N4O/c1-13(5-6-14-2)9-11-4-3-8(7-10)12-9/h3-4H,5-6H2,1-2H3. The first-order valence-electron chi connectivity index (χ1n) is 4.21. The Morgan fingerprint density at radius 2 is 2.43 bits per heavy atom. The van der Waals surface area contributed by atoms with Gasteiger partial charge < -0.3 is 9.64 Å². The molecule has 0 atom stereocenters. The maximum Gasteiger partial charge on any atom is 0.226 e. The highest BCUT2D eigenvalue weighted by atomic mass is 16.5. The molecule has 0 amide bonds.